The van der Waals surface area contributed by atoms with E-state index in [0.29, 0.717) is 18.1 Å². The van der Waals surface area contributed by atoms with Crippen LogP contribution in [0.5, 0.6) is 0 Å². The Bertz CT molecular complexity index is 997. The SMILES string of the molecule is O=C1CC(C(=O)Nc2ccnn2Cc2ccc(Br)cc2)c2ccccc2N1. The van der Waals surface area contributed by atoms with Crippen LogP contribution in [0, 0.1) is 0 Å². The van der Waals surface area contributed by atoms with Crippen molar-refractivity contribution in [1.82, 2.24) is 9.78 Å². The highest BCUT2D eigenvalue weighted by molar-refractivity contribution is 9.10. The first-order chi connectivity index (χ1) is 13.1. The molecule has 6 nitrogen and oxygen atoms in total. The molecular weight excluding hydrogens is 408 g/mol. The Morgan fingerprint density at radius 1 is 1.19 bits per heavy atom. The third kappa shape index (κ3) is 3.78. The zero-order valence-electron chi connectivity index (χ0n) is 14.4. The van der Waals surface area contributed by atoms with Gasteiger partial charge in [-0.2, -0.15) is 5.10 Å². The van der Waals surface area contributed by atoms with E-state index in [1.807, 2.05) is 48.5 Å². The molecule has 0 aliphatic carbocycles. The van der Waals surface area contributed by atoms with Crippen LogP contribution in [0.3, 0.4) is 0 Å². The fourth-order valence-electron chi connectivity index (χ4n) is 3.19. The number of aromatic nitrogens is 2. The molecule has 136 valence electrons. The summed E-state index contributed by atoms with van der Waals surface area (Å²) >= 11 is 3.42. The van der Waals surface area contributed by atoms with E-state index in [2.05, 4.69) is 31.7 Å². The minimum Gasteiger partial charge on any atom is -0.326 e. The Morgan fingerprint density at radius 2 is 1.96 bits per heavy atom. The molecular formula is C20H17BrN4O2. The van der Waals surface area contributed by atoms with Crippen molar-refractivity contribution in [3.63, 3.8) is 0 Å². The standard InChI is InChI=1S/C20H17BrN4O2/c21-14-7-5-13(6-8-14)12-25-18(9-10-22-25)24-20(27)16-11-19(26)23-17-4-2-1-3-15(16)17/h1-10,16H,11-12H2,(H,23,26)(H,24,27). The van der Waals surface area contributed by atoms with Crippen molar-refractivity contribution in [2.45, 2.75) is 18.9 Å². The second kappa shape index (κ2) is 7.36. The van der Waals surface area contributed by atoms with Crippen LogP contribution < -0.4 is 10.6 Å². The van der Waals surface area contributed by atoms with Gasteiger partial charge in [0.1, 0.15) is 5.82 Å². The van der Waals surface area contributed by atoms with E-state index in [1.165, 1.54) is 0 Å². The molecule has 2 heterocycles. The van der Waals surface area contributed by atoms with Crippen LogP contribution in [0.15, 0.2) is 65.3 Å². The third-order valence-corrected chi connectivity index (χ3v) is 5.06. The van der Waals surface area contributed by atoms with Gasteiger partial charge in [0.15, 0.2) is 0 Å². The lowest BCUT2D eigenvalue weighted by Crippen LogP contribution is -2.31. The van der Waals surface area contributed by atoms with E-state index in [1.54, 1.807) is 16.9 Å². The highest BCUT2D eigenvalue weighted by atomic mass is 79.9. The molecule has 7 heteroatoms. The highest BCUT2D eigenvalue weighted by Crippen LogP contribution is 2.32. The molecule has 1 unspecified atom stereocenters. The predicted octanol–water partition coefficient (Wildman–Crippen LogP) is 3.76. The van der Waals surface area contributed by atoms with Crippen molar-refractivity contribution in [2.24, 2.45) is 0 Å². The summed E-state index contributed by atoms with van der Waals surface area (Å²) < 4.78 is 2.74. The predicted molar refractivity (Wildman–Crippen MR) is 107 cm³/mol. The van der Waals surface area contributed by atoms with Crippen LogP contribution in [0.1, 0.15) is 23.5 Å². The summed E-state index contributed by atoms with van der Waals surface area (Å²) in [6, 6.07) is 17.1. The summed E-state index contributed by atoms with van der Waals surface area (Å²) in [4.78, 5) is 24.9. The summed E-state index contributed by atoms with van der Waals surface area (Å²) in [5.74, 6) is -0.288. The lowest BCUT2D eigenvalue weighted by Gasteiger charge is -2.24. The zero-order chi connectivity index (χ0) is 18.8. The van der Waals surface area contributed by atoms with Gasteiger partial charge in [0.2, 0.25) is 11.8 Å². The van der Waals surface area contributed by atoms with Crippen LogP contribution in [-0.4, -0.2) is 21.6 Å². The Balaban J connectivity index is 1.53. The normalized spacial score (nSPS) is 15.7. The van der Waals surface area contributed by atoms with Gasteiger partial charge in [0.25, 0.3) is 0 Å². The first-order valence-corrected chi connectivity index (χ1v) is 9.35. The maximum Gasteiger partial charge on any atom is 0.233 e. The lowest BCUT2D eigenvalue weighted by molar-refractivity contribution is -0.123. The van der Waals surface area contributed by atoms with Gasteiger partial charge in [-0.1, -0.05) is 46.3 Å². The number of hydrogen-bond donors (Lipinski definition) is 2. The van der Waals surface area contributed by atoms with Crippen molar-refractivity contribution in [3.8, 4) is 0 Å². The molecule has 0 saturated heterocycles. The number of benzene rings is 2. The molecule has 0 fully saturated rings. The Labute approximate surface area is 164 Å². The second-order valence-electron chi connectivity index (χ2n) is 6.38. The molecule has 0 radical (unpaired) electrons. The lowest BCUT2D eigenvalue weighted by atomic mass is 9.90. The number of carbonyl (C=O) groups excluding carboxylic acids is 2. The van der Waals surface area contributed by atoms with E-state index in [0.717, 1.165) is 15.6 Å². The van der Waals surface area contributed by atoms with Crippen LogP contribution in [0.2, 0.25) is 0 Å². The van der Waals surface area contributed by atoms with Gasteiger partial charge in [0, 0.05) is 22.6 Å². The molecule has 2 N–H and O–H groups in total. The molecule has 27 heavy (non-hydrogen) atoms. The van der Waals surface area contributed by atoms with Gasteiger partial charge in [-0.25, -0.2) is 4.68 Å². The number of carbonyl (C=O) groups is 2. The van der Waals surface area contributed by atoms with Crippen LogP contribution in [-0.2, 0) is 16.1 Å². The molecule has 1 aliphatic rings. The smallest absolute Gasteiger partial charge is 0.233 e. The number of halogens is 1. The second-order valence-corrected chi connectivity index (χ2v) is 7.30. The molecule has 0 saturated carbocycles. The van der Waals surface area contributed by atoms with Gasteiger partial charge in [0.05, 0.1) is 18.7 Å². The van der Waals surface area contributed by atoms with Crippen molar-refractivity contribution in [2.75, 3.05) is 10.6 Å². The summed E-state index contributed by atoms with van der Waals surface area (Å²) in [7, 11) is 0. The molecule has 1 aliphatic heterocycles. The third-order valence-electron chi connectivity index (χ3n) is 4.53. The first kappa shape index (κ1) is 17.5. The van der Waals surface area contributed by atoms with Crippen molar-refractivity contribution in [1.29, 1.82) is 0 Å². The fraction of sp³-hybridized carbons (Fsp3) is 0.150. The quantitative estimate of drug-likeness (QED) is 0.669. The highest BCUT2D eigenvalue weighted by Gasteiger charge is 2.30. The summed E-state index contributed by atoms with van der Waals surface area (Å²) in [6.07, 6.45) is 1.78. The Morgan fingerprint density at radius 3 is 2.78 bits per heavy atom. The number of hydrogen-bond acceptors (Lipinski definition) is 3. The van der Waals surface area contributed by atoms with E-state index < -0.39 is 5.92 Å². The molecule has 0 bridgehead atoms. The number of amides is 2. The molecule has 2 amide bonds. The largest absolute Gasteiger partial charge is 0.326 e. The van der Waals surface area contributed by atoms with Crippen LogP contribution in [0.4, 0.5) is 11.5 Å². The maximum absolute atomic E-state index is 12.9. The molecule has 4 rings (SSSR count). The monoisotopic (exact) mass is 424 g/mol. The minimum atomic E-state index is -0.522. The number of rotatable bonds is 4. The zero-order valence-corrected chi connectivity index (χ0v) is 15.9. The number of fused-ring (bicyclic) bond motifs is 1. The fourth-order valence-corrected chi connectivity index (χ4v) is 3.45. The van der Waals surface area contributed by atoms with Gasteiger partial charge < -0.3 is 10.6 Å². The van der Waals surface area contributed by atoms with Crippen molar-refractivity contribution >= 4 is 39.2 Å². The van der Waals surface area contributed by atoms with Gasteiger partial charge in [-0.3, -0.25) is 9.59 Å². The molecule has 0 spiro atoms. The van der Waals surface area contributed by atoms with Crippen molar-refractivity contribution < 1.29 is 9.59 Å². The topological polar surface area (TPSA) is 76.0 Å². The molecule has 2 aromatic carbocycles. The summed E-state index contributed by atoms with van der Waals surface area (Å²) in [5, 5.41) is 10.0. The number of nitrogens with zero attached hydrogens (tertiary/aromatic N) is 2. The summed E-state index contributed by atoms with van der Waals surface area (Å²) in [6.45, 7) is 0.539. The average Bonchev–Trinajstić information content (AvgIpc) is 3.09. The summed E-state index contributed by atoms with van der Waals surface area (Å²) in [5.41, 5.74) is 2.59. The van der Waals surface area contributed by atoms with Crippen molar-refractivity contribution in [3.05, 3.63) is 76.4 Å². The van der Waals surface area contributed by atoms with Gasteiger partial charge >= 0.3 is 0 Å². The first-order valence-electron chi connectivity index (χ1n) is 8.56. The Hall–Kier alpha value is -2.93. The van der Waals surface area contributed by atoms with E-state index in [-0.39, 0.29) is 18.2 Å². The number of anilines is 2. The minimum absolute atomic E-state index is 0.129. The molecule has 1 atom stereocenters. The molecule has 1 aromatic heterocycles. The maximum atomic E-state index is 12.9. The Kier molecular flexibility index (Phi) is 4.77. The average molecular weight is 425 g/mol. The van der Waals surface area contributed by atoms with E-state index in [9.17, 15) is 9.59 Å². The number of para-hydroxylation sites is 1. The van der Waals surface area contributed by atoms with E-state index in [4.69, 9.17) is 0 Å². The van der Waals surface area contributed by atoms with Gasteiger partial charge in [-0.15, -0.1) is 0 Å². The van der Waals surface area contributed by atoms with Crippen LogP contribution >= 0.6 is 15.9 Å². The van der Waals surface area contributed by atoms with Crippen LogP contribution in [0.25, 0.3) is 0 Å². The van der Waals surface area contributed by atoms with E-state index >= 15 is 0 Å². The number of nitrogens with one attached hydrogen (secondary N) is 2. The van der Waals surface area contributed by atoms with Gasteiger partial charge in [-0.05, 0) is 29.3 Å². The molecule has 3 aromatic rings.